The SMILES string of the molecule is O=C(CCc1ccc(Cl)cc1)Oc1ccc(C(=O)Nc2ccc(Cl)cc2)cc1. The molecule has 0 unspecified atom stereocenters. The summed E-state index contributed by atoms with van der Waals surface area (Å²) in [6.45, 7) is 0. The predicted molar refractivity (Wildman–Crippen MR) is 111 cm³/mol. The molecule has 3 aromatic carbocycles. The second kappa shape index (κ2) is 9.40. The van der Waals surface area contributed by atoms with Crippen LogP contribution in [0, 0.1) is 0 Å². The second-order valence-electron chi connectivity index (χ2n) is 6.09. The highest BCUT2D eigenvalue weighted by atomic mass is 35.5. The molecule has 0 fully saturated rings. The van der Waals surface area contributed by atoms with Crippen molar-refractivity contribution in [2.24, 2.45) is 0 Å². The van der Waals surface area contributed by atoms with E-state index in [9.17, 15) is 9.59 Å². The van der Waals surface area contributed by atoms with Gasteiger partial charge in [0, 0.05) is 27.7 Å². The summed E-state index contributed by atoms with van der Waals surface area (Å²) in [5, 5.41) is 4.03. The molecule has 0 aromatic heterocycles. The molecule has 3 aromatic rings. The van der Waals surface area contributed by atoms with Gasteiger partial charge >= 0.3 is 5.97 Å². The third-order valence-electron chi connectivity index (χ3n) is 3.98. The van der Waals surface area contributed by atoms with Crippen molar-refractivity contribution in [3.8, 4) is 5.75 Å². The third kappa shape index (κ3) is 5.84. The molecule has 28 heavy (non-hydrogen) atoms. The normalized spacial score (nSPS) is 10.4. The summed E-state index contributed by atoms with van der Waals surface area (Å²) < 4.78 is 5.31. The minimum atomic E-state index is -0.340. The van der Waals surface area contributed by atoms with Gasteiger partial charge in [-0.15, -0.1) is 0 Å². The lowest BCUT2D eigenvalue weighted by Crippen LogP contribution is -2.12. The van der Waals surface area contributed by atoms with Crippen molar-refractivity contribution in [2.45, 2.75) is 12.8 Å². The van der Waals surface area contributed by atoms with E-state index in [4.69, 9.17) is 27.9 Å². The highest BCUT2D eigenvalue weighted by Crippen LogP contribution is 2.17. The van der Waals surface area contributed by atoms with Gasteiger partial charge in [0.1, 0.15) is 5.75 Å². The fourth-order valence-corrected chi connectivity index (χ4v) is 2.74. The Bertz CT molecular complexity index is 953. The first-order chi connectivity index (χ1) is 13.5. The number of hydrogen-bond acceptors (Lipinski definition) is 3. The summed E-state index contributed by atoms with van der Waals surface area (Å²) in [7, 11) is 0. The van der Waals surface area contributed by atoms with E-state index in [2.05, 4.69) is 5.32 Å². The number of carbonyl (C=O) groups excluding carboxylic acids is 2. The van der Waals surface area contributed by atoms with Crippen molar-refractivity contribution in [3.63, 3.8) is 0 Å². The van der Waals surface area contributed by atoms with Crippen LogP contribution in [0.1, 0.15) is 22.3 Å². The highest BCUT2D eigenvalue weighted by molar-refractivity contribution is 6.30. The van der Waals surface area contributed by atoms with Crippen LogP contribution in [0.25, 0.3) is 0 Å². The fraction of sp³-hybridized carbons (Fsp3) is 0.0909. The molecule has 0 atom stereocenters. The lowest BCUT2D eigenvalue weighted by atomic mass is 10.1. The van der Waals surface area contributed by atoms with Crippen LogP contribution in [0.3, 0.4) is 0 Å². The number of halogens is 2. The summed E-state index contributed by atoms with van der Waals surface area (Å²) in [6.07, 6.45) is 0.817. The maximum absolute atomic E-state index is 12.3. The molecule has 0 aliphatic rings. The van der Waals surface area contributed by atoms with Crippen LogP contribution >= 0.6 is 23.2 Å². The Labute approximate surface area is 173 Å². The van der Waals surface area contributed by atoms with Crippen molar-refractivity contribution in [2.75, 3.05) is 5.32 Å². The number of amides is 1. The molecule has 0 aliphatic heterocycles. The van der Waals surface area contributed by atoms with E-state index in [1.54, 1.807) is 60.7 Å². The average molecular weight is 414 g/mol. The number of ether oxygens (including phenoxy) is 1. The zero-order chi connectivity index (χ0) is 19.9. The van der Waals surface area contributed by atoms with E-state index in [1.165, 1.54) is 0 Å². The minimum Gasteiger partial charge on any atom is -0.427 e. The van der Waals surface area contributed by atoms with Crippen molar-refractivity contribution in [1.82, 2.24) is 0 Å². The third-order valence-corrected chi connectivity index (χ3v) is 4.49. The van der Waals surface area contributed by atoms with Gasteiger partial charge in [-0.3, -0.25) is 9.59 Å². The van der Waals surface area contributed by atoms with Crippen LogP contribution in [0.4, 0.5) is 5.69 Å². The van der Waals surface area contributed by atoms with Crippen LogP contribution in [0.2, 0.25) is 10.0 Å². The lowest BCUT2D eigenvalue weighted by molar-refractivity contribution is -0.134. The molecule has 1 amide bonds. The van der Waals surface area contributed by atoms with Gasteiger partial charge in [-0.05, 0) is 72.6 Å². The summed E-state index contributed by atoms with van der Waals surface area (Å²) in [6, 6.07) is 20.6. The van der Waals surface area contributed by atoms with Gasteiger partial charge in [-0.25, -0.2) is 0 Å². The van der Waals surface area contributed by atoms with Gasteiger partial charge < -0.3 is 10.1 Å². The maximum Gasteiger partial charge on any atom is 0.311 e. The van der Waals surface area contributed by atoms with Crippen molar-refractivity contribution < 1.29 is 14.3 Å². The van der Waals surface area contributed by atoms with E-state index >= 15 is 0 Å². The standard InChI is InChI=1S/C22H17Cl2NO3/c23-17-6-1-15(2-7-17)3-14-21(26)28-20-12-4-16(5-13-20)22(27)25-19-10-8-18(24)9-11-19/h1-2,4-13H,3,14H2,(H,25,27). The largest absolute Gasteiger partial charge is 0.427 e. The summed E-state index contributed by atoms with van der Waals surface area (Å²) in [5.74, 6) is -0.208. The molecule has 142 valence electrons. The predicted octanol–water partition coefficient (Wildman–Crippen LogP) is 5.78. The number of carbonyl (C=O) groups is 2. The Morgan fingerprint density at radius 3 is 1.96 bits per heavy atom. The van der Waals surface area contributed by atoms with Crippen molar-refractivity contribution in [1.29, 1.82) is 0 Å². The number of esters is 1. The van der Waals surface area contributed by atoms with Gasteiger partial charge in [0.05, 0.1) is 0 Å². The van der Waals surface area contributed by atoms with E-state index in [-0.39, 0.29) is 18.3 Å². The Morgan fingerprint density at radius 1 is 0.786 bits per heavy atom. The molecule has 3 rings (SSSR count). The highest BCUT2D eigenvalue weighted by Gasteiger charge is 2.09. The number of hydrogen-bond donors (Lipinski definition) is 1. The van der Waals surface area contributed by atoms with E-state index in [0.717, 1.165) is 5.56 Å². The first-order valence-electron chi connectivity index (χ1n) is 8.62. The van der Waals surface area contributed by atoms with Crippen LogP contribution in [-0.4, -0.2) is 11.9 Å². The first-order valence-corrected chi connectivity index (χ1v) is 9.37. The molecule has 0 aliphatic carbocycles. The molecule has 0 saturated heterocycles. The lowest BCUT2D eigenvalue weighted by Gasteiger charge is -2.07. The Balaban J connectivity index is 1.51. The number of nitrogens with one attached hydrogen (secondary N) is 1. The Hall–Kier alpha value is -2.82. The van der Waals surface area contributed by atoms with Crippen molar-refractivity contribution >= 4 is 40.8 Å². The zero-order valence-electron chi connectivity index (χ0n) is 14.8. The fourth-order valence-electron chi connectivity index (χ4n) is 2.49. The summed E-state index contributed by atoms with van der Waals surface area (Å²) in [4.78, 5) is 24.3. The molecule has 1 N–H and O–H groups in total. The van der Waals surface area contributed by atoms with Gasteiger partial charge in [0.2, 0.25) is 0 Å². The summed E-state index contributed by atoms with van der Waals surface area (Å²) >= 11 is 11.7. The van der Waals surface area contributed by atoms with E-state index in [1.807, 2.05) is 12.1 Å². The van der Waals surface area contributed by atoms with Gasteiger partial charge in [-0.1, -0.05) is 35.3 Å². The number of rotatable bonds is 6. The quantitative estimate of drug-likeness (QED) is 0.411. The topological polar surface area (TPSA) is 55.4 Å². The molecule has 0 heterocycles. The van der Waals surface area contributed by atoms with Gasteiger partial charge in [-0.2, -0.15) is 0 Å². The minimum absolute atomic E-state index is 0.250. The summed E-state index contributed by atoms with van der Waals surface area (Å²) in [5.41, 5.74) is 2.11. The number of aryl methyl sites for hydroxylation is 1. The van der Waals surface area contributed by atoms with Crippen molar-refractivity contribution in [3.05, 3.63) is 94.0 Å². The maximum atomic E-state index is 12.3. The second-order valence-corrected chi connectivity index (χ2v) is 6.96. The monoisotopic (exact) mass is 413 g/mol. The van der Waals surface area contributed by atoms with Crippen LogP contribution in [0.5, 0.6) is 5.75 Å². The van der Waals surface area contributed by atoms with Crippen LogP contribution in [-0.2, 0) is 11.2 Å². The van der Waals surface area contributed by atoms with Gasteiger partial charge in [0.25, 0.3) is 5.91 Å². The first kappa shape index (κ1) is 19.9. The molecule has 6 heteroatoms. The number of anilines is 1. The van der Waals surface area contributed by atoms with E-state index in [0.29, 0.717) is 33.5 Å². The molecular weight excluding hydrogens is 397 g/mol. The average Bonchev–Trinajstić information content (AvgIpc) is 2.70. The van der Waals surface area contributed by atoms with Crippen LogP contribution in [0.15, 0.2) is 72.8 Å². The molecule has 4 nitrogen and oxygen atoms in total. The Kier molecular flexibility index (Phi) is 6.69. The van der Waals surface area contributed by atoms with E-state index < -0.39 is 0 Å². The molecule has 0 bridgehead atoms. The number of benzene rings is 3. The molecule has 0 saturated carbocycles. The Morgan fingerprint density at radius 2 is 1.36 bits per heavy atom. The molecular formula is C22H17Cl2NO3. The molecule has 0 radical (unpaired) electrons. The molecule has 0 spiro atoms. The van der Waals surface area contributed by atoms with Gasteiger partial charge in [0.15, 0.2) is 0 Å². The van der Waals surface area contributed by atoms with Crippen LogP contribution < -0.4 is 10.1 Å². The smallest absolute Gasteiger partial charge is 0.311 e. The zero-order valence-corrected chi connectivity index (χ0v) is 16.3.